The monoisotopic (exact) mass is 1690 g/mol. The number of hydrogen-bond donors (Lipinski definition) is 14. The fraction of sp³-hybridized carbons (Fsp3) is 0.237. The zero-order chi connectivity index (χ0) is 90.9. The van der Waals surface area contributed by atoms with Crippen molar-refractivity contribution in [3.8, 4) is 0 Å². The quantitative estimate of drug-likeness (QED) is 0.0168. The first kappa shape index (κ1) is 101. The van der Waals surface area contributed by atoms with E-state index >= 15 is 0 Å². The summed E-state index contributed by atoms with van der Waals surface area (Å²) in [4.78, 5) is 224. The second-order valence-electron chi connectivity index (χ2n) is 24.2. The molecule has 121 heavy (non-hydrogen) atoms. The van der Waals surface area contributed by atoms with Crippen LogP contribution < -0.4 is 69.1 Å². The van der Waals surface area contributed by atoms with Gasteiger partial charge in [-0.3, -0.25) is 43.7 Å². The molecule has 0 radical (unpaired) electrons. The van der Waals surface area contributed by atoms with Crippen molar-refractivity contribution in [2.75, 3.05) is 60.0 Å². The molecule has 0 aromatic heterocycles. The van der Waals surface area contributed by atoms with Crippen molar-refractivity contribution < 1.29 is 153 Å². The number of carboxylic acids is 1. The minimum absolute atomic E-state index is 0.0203. The fourth-order valence-electron chi connectivity index (χ4n) is 7.36. The SMILES string of the molecule is C=C1NC=C(COC(=O)/C=C/C(=O)O)C(=O)N1.C=C1NC=C(COC(=O)/C=C/C(=O)OC(C)(C)C)C(=O)N1.C=C1NC=C(COC(=O)/C=C/C(=O)OC(C)C)C(=O)N1.C=C1NC=C(COC(=O)/C=C/C(=O)OC)C(=O)N1.C=C1NC=C(COC(=O)/C=C/C(=O)OCC)C(=O)N1.C=C1NC=C(COC(=O)/C=C/C(=O)OCC2=CCC(=O)NC2=O)C(=O)N1. The van der Waals surface area contributed by atoms with E-state index in [1.165, 1.54) is 50.4 Å². The number of nitrogens with one attached hydrogen (secondary N) is 13. The van der Waals surface area contributed by atoms with E-state index in [0.717, 1.165) is 66.8 Å². The first-order valence-corrected chi connectivity index (χ1v) is 34.4. The lowest BCUT2D eigenvalue weighted by Crippen LogP contribution is -2.36. The fourth-order valence-corrected chi connectivity index (χ4v) is 7.36. The van der Waals surface area contributed by atoms with Crippen LogP contribution in [0.3, 0.4) is 0 Å². The first-order valence-electron chi connectivity index (χ1n) is 34.4. The molecule has 7 heterocycles. The van der Waals surface area contributed by atoms with Gasteiger partial charge < -0.3 is 121 Å². The summed E-state index contributed by atoms with van der Waals surface area (Å²) in [7, 11) is 1.19. The van der Waals surface area contributed by atoms with Crippen LogP contribution in [-0.4, -0.2) is 196 Å². The number of carboxylic acid groups (broad SMARTS) is 1. The van der Waals surface area contributed by atoms with Gasteiger partial charge in [-0.2, -0.15) is 0 Å². The van der Waals surface area contributed by atoms with Crippen LogP contribution in [0.15, 0.2) is 230 Å². The van der Waals surface area contributed by atoms with Crippen LogP contribution in [0.4, 0.5) is 0 Å². The zero-order valence-corrected chi connectivity index (χ0v) is 65.8. The van der Waals surface area contributed by atoms with Gasteiger partial charge in [-0.1, -0.05) is 45.5 Å². The van der Waals surface area contributed by atoms with Crippen LogP contribution >= 0.6 is 0 Å². The molecule has 0 spiro atoms. The van der Waals surface area contributed by atoms with Gasteiger partial charge in [0.1, 0.15) is 86.8 Å². The number of rotatable bonds is 28. The number of carbonyl (C=O) groups is 20. The summed E-state index contributed by atoms with van der Waals surface area (Å²) in [5.41, 5.74) is 0.835. The van der Waals surface area contributed by atoms with Crippen molar-refractivity contribution in [1.29, 1.82) is 0 Å². The minimum atomic E-state index is -1.26. The normalized spacial score (nSPS) is 15.2. The number of imide groups is 1. The van der Waals surface area contributed by atoms with Gasteiger partial charge in [0.15, 0.2) is 0 Å². The highest BCUT2D eigenvalue weighted by Crippen LogP contribution is 2.11. The van der Waals surface area contributed by atoms with Crippen LogP contribution in [-0.2, 0) is 148 Å². The number of aliphatic carboxylic acids is 1. The lowest BCUT2D eigenvalue weighted by molar-refractivity contribution is -0.149. The molecule has 0 unspecified atom stereocenters. The van der Waals surface area contributed by atoms with Crippen molar-refractivity contribution in [3.05, 3.63) is 230 Å². The molecule has 0 saturated carbocycles. The average molecular weight is 1690 g/mol. The number of ether oxygens (including phenoxy) is 11. The molecule has 45 heteroatoms. The lowest BCUT2D eigenvalue weighted by Gasteiger charge is -2.18. The van der Waals surface area contributed by atoms with Crippen molar-refractivity contribution >= 4 is 119 Å². The summed E-state index contributed by atoms with van der Waals surface area (Å²) in [5, 5.41) is 40.9. The Hall–Kier alpha value is -16.5. The van der Waals surface area contributed by atoms with Crippen molar-refractivity contribution in [3.63, 3.8) is 0 Å². The number of methoxy groups -OCH3 is 1. The number of hydrogen-bond acceptors (Lipinski definition) is 37. The Labute approximate surface area is 687 Å². The Kier molecular flexibility index (Phi) is 43.8. The Balaban J connectivity index is 0.000000495. The second-order valence-corrected chi connectivity index (χ2v) is 24.2. The van der Waals surface area contributed by atoms with Crippen LogP contribution in [0.1, 0.15) is 48.0 Å². The summed E-state index contributed by atoms with van der Waals surface area (Å²) < 4.78 is 52.1. The Morgan fingerprint density at radius 1 is 0.347 bits per heavy atom. The van der Waals surface area contributed by atoms with Crippen LogP contribution in [0.25, 0.3) is 0 Å². The maximum absolute atomic E-state index is 11.5. The third-order valence-electron chi connectivity index (χ3n) is 12.9. The van der Waals surface area contributed by atoms with Crippen molar-refractivity contribution in [2.24, 2.45) is 0 Å². The molecule has 7 aliphatic heterocycles. The third kappa shape index (κ3) is 45.2. The molecule has 8 amide bonds. The smallest absolute Gasteiger partial charge is 0.331 e. The topological polar surface area (TPSA) is 620 Å². The van der Waals surface area contributed by atoms with Gasteiger partial charge in [-0.05, 0) is 41.5 Å². The highest BCUT2D eigenvalue weighted by atomic mass is 16.6. The van der Waals surface area contributed by atoms with Gasteiger partial charge in [0.05, 0.1) is 58.8 Å². The number of carbonyl (C=O) groups excluding carboxylic acids is 19. The Morgan fingerprint density at radius 2 is 0.570 bits per heavy atom. The van der Waals surface area contributed by atoms with E-state index in [4.69, 9.17) is 43.0 Å². The predicted molar refractivity (Wildman–Crippen MR) is 412 cm³/mol. The molecular formula is C76H85N13O32. The molecule has 0 atom stereocenters. The van der Waals surface area contributed by atoms with Gasteiger partial charge in [-0.15, -0.1) is 0 Å². The molecule has 0 aromatic rings. The molecule has 14 N–H and O–H groups in total. The Morgan fingerprint density at radius 3 is 0.793 bits per heavy atom. The predicted octanol–water partition coefficient (Wildman–Crippen LogP) is -2.41. The van der Waals surface area contributed by atoms with E-state index < -0.39 is 124 Å². The molecule has 0 fully saturated rings. The summed E-state index contributed by atoms with van der Waals surface area (Å²) in [6, 6.07) is 0. The molecule has 646 valence electrons. The number of esters is 11. The molecule has 45 nitrogen and oxygen atoms in total. The maximum Gasteiger partial charge on any atom is 0.331 e. The van der Waals surface area contributed by atoms with E-state index in [2.05, 4.69) is 123 Å². The van der Waals surface area contributed by atoms with Crippen LogP contribution in [0.2, 0.25) is 0 Å². The summed E-state index contributed by atoms with van der Waals surface area (Å²) >= 11 is 0. The van der Waals surface area contributed by atoms with E-state index in [1.54, 1.807) is 41.5 Å². The lowest BCUT2D eigenvalue weighted by atomic mass is 10.1. The highest BCUT2D eigenvalue weighted by Gasteiger charge is 2.24. The highest BCUT2D eigenvalue weighted by molar-refractivity contribution is 6.08. The number of amides is 8. The summed E-state index contributed by atoms with van der Waals surface area (Å²) in [6.07, 6.45) is 20.0. The van der Waals surface area contributed by atoms with Crippen LogP contribution in [0.5, 0.6) is 0 Å². The molecule has 0 aromatic carbocycles. The largest absolute Gasteiger partial charge is 0.478 e. The molecule has 0 saturated heterocycles. The second kappa shape index (κ2) is 52.8. The van der Waals surface area contributed by atoms with Gasteiger partial charge in [0.25, 0.3) is 41.4 Å². The summed E-state index contributed by atoms with van der Waals surface area (Å²) in [5.74, 6) is -10.9. The van der Waals surface area contributed by atoms with Crippen molar-refractivity contribution in [1.82, 2.24) is 69.1 Å². The average Bonchev–Trinajstić information content (AvgIpc) is 0.916. The molecule has 0 aliphatic carbocycles. The van der Waals surface area contributed by atoms with Gasteiger partial charge in [-0.25, -0.2) is 57.5 Å². The molecular weight excluding hydrogens is 1610 g/mol. The third-order valence-corrected chi connectivity index (χ3v) is 12.9. The van der Waals surface area contributed by atoms with Crippen LogP contribution in [0, 0.1) is 0 Å². The van der Waals surface area contributed by atoms with Gasteiger partial charge >= 0.3 is 71.6 Å². The standard InChI is InChI=1S/C16H15N3O7.C14H18N2O5.C13H16N2O5.C12H14N2O5.C11H12N2O5.C10H10N2O5/c1-9-17-6-11(16(24)18-9)8-26-14(22)5-4-13(21)25-7-10-2-3-12(20)19-15(10)23;1-9-15-7-10(13(19)16-9)8-20-11(17)5-6-12(18)21-14(2,3)4;1-8(2)20-12(17)5-4-11(16)19-7-10-6-14-9(3)15-13(10)18;1-3-18-10(15)4-5-11(16)19-7-9-6-13-8(2)14-12(9)17;1-7-12-5-8(11(16)13-7)6-18-10(15)4-3-9(14)17-2;1-6-11-4-7(10(16)12-6)5-17-9(15)3-2-8(13)14/h2,4-6,17H,1,3,7-8H2,(H,18,24)(H,19,20,23);5-7,15H,1,8H2,2-4H3,(H,16,19);4-6,8,14H,3,7H2,1-2H3,(H,15,18);4-6,13H,2-3,7H2,1H3,(H,14,17);3-5,12H,1,6H2,2H3,(H,13,16);2-4,11H,1,5H2,(H,12,16)(H,13,14)/b5-4+;6-5+;2*5-4+;4-3+;3-2+. The minimum Gasteiger partial charge on any atom is -0.478 e. The van der Waals surface area contributed by atoms with E-state index in [-0.39, 0.29) is 104 Å². The Bertz CT molecular complexity index is 4540. The van der Waals surface area contributed by atoms with E-state index in [1.807, 2.05) is 0 Å². The molecule has 0 bridgehead atoms. The molecule has 7 aliphatic rings. The van der Waals surface area contributed by atoms with Gasteiger partial charge in [0, 0.05) is 117 Å². The summed E-state index contributed by atoms with van der Waals surface area (Å²) in [6.45, 7) is 29.7. The maximum atomic E-state index is 11.5. The van der Waals surface area contributed by atoms with E-state index in [9.17, 15) is 95.9 Å². The zero-order valence-electron chi connectivity index (χ0n) is 65.8. The van der Waals surface area contributed by atoms with Crippen molar-refractivity contribution in [2.45, 2.75) is 59.7 Å². The van der Waals surface area contributed by atoms with Gasteiger partial charge in [0.2, 0.25) is 5.91 Å². The van der Waals surface area contributed by atoms with E-state index in [0.29, 0.717) is 41.0 Å². The first-order chi connectivity index (χ1) is 56.9. The molecule has 7 rings (SSSR count).